The van der Waals surface area contributed by atoms with Gasteiger partial charge in [-0.05, 0) is 24.7 Å². The van der Waals surface area contributed by atoms with Gasteiger partial charge in [-0.1, -0.05) is 23.7 Å². The van der Waals surface area contributed by atoms with Gasteiger partial charge >= 0.3 is 6.61 Å². The minimum Gasteiger partial charge on any atom is -0.435 e. The van der Waals surface area contributed by atoms with Crippen LogP contribution in [0.15, 0.2) is 30.5 Å². The second-order valence-electron chi connectivity index (χ2n) is 4.75. The first kappa shape index (κ1) is 15.7. The molecule has 0 bridgehead atoms. The zero-order chi connectivity index (χ0) is 15.4. The number of imidazole rings is 1. The standard InChI is InChI=1S/C14H16ClF2N3O/c1-19(9-13-18-7-12(15)20(13)2)8-10-3-5-11(6-4-10)21-14(16)17/h3-7,14H,8-9H2,1-2H3. The van der Waals surface area contributed by atoms with Crippen LogP contribution in [0.1, 0.15) is 11.4 Å². The van der Waals surface area contributed by atoms with Crippen LogP contribution in [-0.2, 0) is 20.1 Å². The van der Waals surface area contributed by atoms with Crippen LogP contribution in [0.25, 0.3) is 0 Å². The third-order valence-corrected chi connectivity index (χ3v) is 3.39. The van der Waals surface area contributed by atoms with Gasteiger partial charge in [0.05, 0.1) is 12.7 Å². The molecule has 1 aromatic carbocycles. The molecule has 0 N–H and O–H groups in total. The Morgan fingerprint density at radius 3 is 2.48 bits per heavy atom. The summed E-state index contributed by atoms with van der Waals surface area (Å²) in [6.07, 6.45) is 1.61. The van der Waals surface area contributed by atoms with Crippen molar-refractivity contribution >= 4 is 11.6 Å². The Kier molecular flexibility index (Phi) is 5.14. The molecule has 1 heterocycles. The molecule has 0 aliphatic heterocycles. The van der Waals surface area contributed by atoms with Crippen LogP contribution in [0.3, 0.4) is 0 Å². The smallest absolute Gasteiger partial charge is 0.387 e. The molecule has 114 valence electrons. The van der Waals surface area contributed by atoms with Gasteiger partial charge in [0.25, 0.3) is 0 Å². The summed E-state index contributed by atoms with van der Waals surface area (Å²) in [5, 5.41) is 0.590. The SMILES string of the molecule is CN(Cc1ccc(OC(F)F)cc1)Cc1ncc(Cl)n1C. The Hall–Kier alpha value is -1.66. The molecule has 7 heteroatoms. The van der Waals surface area contributed by atoms with Crippen molar-refractivity contribution in [2.75, 3.05) is 7.05 Å². The van der Waals surface area contributed by atoms with Crippen molar-refractivity contribution in [3.63, 3.8) is 0 Å². The van der Waals surface area contributed by atoms with Crippen molar-refractivity contribution in [2.24, 2.45) is 7.05 Å². The third-order valence-electron chi connectivity index (χ3n) is 3.04. The van der Waals surface area contributed by atoms with E-state index in [1.807, 2.05) is 18.7 Å². The van der Waals surface area contributed by atoms with Crippen molar-refractivity contribution in [1.82, 2.24) is 14.5 Å². The molecule has 1 aromatic heterocycles. The number of halogens is 3. The van der Waals surface area contributed by atoms with E-state index in [-0.39, 0.29) is 5.75 Å². The second-order valence-corrected chi connectivity index (χ2v) is 5.14. The van der Waals surface area contributed by atoms with Crippen molar-refractivity contribution in [2.45, 2.75) is 19.7 Å². The summed E-state index contributed by atoms with van der Waals surface area (Å²) in [6, 6.07) is 6.60. The van der Waals surface area contributed by atoms with E-state index in [0.29, 0.717) is 18.2 Å². The molecule has 0 aliphatic carbocycles. The minimum absolute atomic E-state index is 0.160. The Labute approximate surface area is 126 Å². The highest BCUT2D eigenvalue weighted by Crippen LogP contribution is 2.16. The number of aromatic nitrogens is 2. The minimum atomic E-state index is -2.80. The van der Waals surface area contributed by atoms with Crippen molar-refractivity contribution in [3.8, 4) is 5.75 Å². The van der Waals surface area contributed by atoms with E-state index in [1.165, 1.54) is 12.1 Å². The van der Waals surface area contributed by atoms with Crippen molar-refractivity contribution in [3.05, 3.63) is 47.0 Å². The summed E-state index contributed by atoms with van der Waals surface area (Å²) in [5.74, 6) is 1.02. The average Bonchev–Trinajstić information content (AvgIpc) is 2.72. The predicted molar refractivity (Wildman–Crippen MR) is 76.5 cm³/mol. The van der Waals surface area contributed by atoms with Gasteiger partial charge in [0.15, 0.2) is 0 Å². The van der Waals surface area contributed by atoms with E-state index >= 15 is 0 Å². The maximum absolute atomic E-state index is 12.1. The number of ether oxygens (including phenoxy) is 1. The predicted octanol–water partition coefficient (Wildman–Crippen LogP) is 3.31. The molecular weight excluding hydrogens is 300 g/mol. The maximum atomic E-state index is 12.1. The first-order valence-electron chi connectivity index (χ1n) is 6.34. The molecular formula is C14H16ClF2N3O. The van der Waals surface area contributed by atoms with E-state index in [4.69, 9.17) is 11.6 Å². The fourth-order valence-electron chi connectivity index (χ4n) is 1.96. The summed E-state index contributed by atoms with van der Waals surface area (Å²) >= 11 is 5.94. The number of nitrogens with zero attached hydrogens (tertiary/aromatic N) is 3. The molecule has 4 nitrogen and oxygen atoms in total. The van der Waals surface area contributed by atoms with Crippen LogP contribution in [-0.4, -0.2) is 28.1 Å². The highest BCUT2D eigenvalue weighted by molar-refractivity contribution is 6.29. The first-order chi connectivity index (χ1) is 9.95. The molecule has 0 unspecified atom stereocenters. The lowest BCUT2D eigenvalue weighted by Crippen LogP contribution is -2.19. The number of hydrogen-bond donors (Lipinski definition) is 0. The number of alkyl halides is 2. The highest BCUT2D eigenvalue weighted by Gasteiger charge is 2.09. The van der Waals surface area contributed by atoms with Gasteiger partial charge in [0, 0.05) is 13.6 Å². The fourth-order valence-corrected chi connectivity index (χ4v) is 2.10. The summed E-state index contributed by atoms with van der Waals surface area (Å²) in [5.41, 5.74) is 0.999. The Bertz CT molecular complexity index is 586. The van der Waals surface area contributed by atoms with Crippen molar-refractivity contribution in [1.29, 1.82) is 0 Å². The third kappa shape index (κ3) is 4.41. The highest BCUT2D eigenvalue weighted by atomic mass is 35.5. The van der Waals surface area contributed by atoms with Gasteiger partial charge in [-0.2, -0.15) is 8.78 Å². The molecule has 0 fully saturated rings. The van der Waals surface area contributed by atoms with Crippen molar-refractivity contribution < 1.29 is 13.5 Å². The monoisotopic (exact) mass is 315 g/mol. The van der Waals surface area contributed by atoms with E-state index in [1.54, 1.807) is 18.3 Å². The van der Waals surface area contributed by atoms with E-state index in [0.717, 1.165) is 11.4 Å². The molecule has 0 saturated heterocycles. The summed E-state index contributed by atoms with van der Waals surface area (Å²) in [4.78, 5) is 6.29. The van der Waals surface area contributed by atoms with Crippen LogP contribution < -0.4 is 4.74 Å². The number of benzene rings is 1. The zero-order valence-electron chi connectivity index (χ0n) is 11.8. The molecule has 2 rings (SSSR count). The van der Waals surface area contributed by atoms with Gasteiger partial charge in [0.2, 0.25) is 0 Å². The topological polar surface area (TPSA) is 30.3 Å². The van der Waals surface area contributed by atoms with Crippen LogP contribution in [0.4, 0.5) is 8.78 Å². The lowest BCUT2D eigenvalue weighted by atomic mass is 10.2. The first-order valence-corrected chi connectivity index (χ1v) is 6.72. The molecule has 21 heavy (non-hydrogen) atoms. The largest absolute Gasteiger partial charge is 0.435 e. The molecule has 0 saturated carbocycles. The number of hydrogen-bond acceptors (Lipinski definition) is 3. The zero-order valence-corrected chi connectivity index (χ0v) is 12.5. The molecule has 0 amide bonds. The summed E-state index contributed by atoms with van der Waals surface area (Å²) < 4.78 is 30.3. The quantitative estimate of drug-likeness (QED) is 0.819. The lowest BCUT2D eigenvalue weighted by molar-refractivity contribution is -0.0498. The van der Waals surface area contributed by atoms with Gasteiger partial charge < -0.3 is 9.30 Å². The summed E-state index contributed by atoms with van der Waals surface area (Å²) in [6.45, 7) is -1.50. The van der Waals surface area contributed by atoms with Crippen LogP contribution >= 0.6 is 11.6 Å². The van der Waals surface area contributed by atoms with Gasteiger partial charge in [-0.15, -0.1) is 0 Å². The van der Waals surface area contributed by atoms with Gasteiger partial charge in [-0.25, -0.2) is 4.98 Å². The van der Waals surface area contributed by atoms with Gasteiger partial charge in [0.1, 0.15) is 16.7 Å². The van der Waals surface area contributed by atoms with E-state index < -0.39 is 6.61 Å². The lowest BCUT2D eigenvalue weighted by Gasteiger charge is -2.16. The maximum Gasteiger partial charge on any atom is 0.387 e. The fraction of sp³-hybridized carbons (Fsp3) is 0.357. The van der Waals surface area contributed by atoms with Crippen LogP contribution in [0.5, 0.6) is 5.75 Å². The van der Waals surface area contributed by atoms with Crippen LogP contribution in [0.2, 0.25) is 5.15 Å². The van der Waals surface area contributed by atoms with E-state index in [2.05, 4.69) is 14.6 Å². The molecule has 0 radical (unpaired) electrons. The second kappa shape index (κ2) is 6.87. The van der Waals surface area contributed by atoms with E-state index in [9.17, 15) is 8.78 Å². The molecule has 0 spiro atoms. The Morgan fingerprint density at radius 1 is 1.29 bits per heavy atom. The molecule has 0 aliphatic rings. The Balaban J connectivity index is 1.93. The average molecular weight is 316 g/mol. The normalized spacial score (nSPS) is 11.4. The summed E-state index contributed by atoms with van der Waals surface area (Å²) in [7, 11) is 3.81. The number of rotatable bonds is 6. The van der Waals surface area contributed by atoms with Crippen LogP contribution in [0, 0.1) is 0 Å². The molecule has 2 aromatic rings. The van der Waals surface area contributed by atoms with Gasteiger partial charge in [-0.3, -0.25) is 4.90 Å². The molecule has 0 atom stereocenters. The Morgan fingerprint density at radius 2 is 1.95 bits per heavy atom.